The third-order valence-electron chi connectivity index (χ3n) is 3.36. The van der Waals surface area contributed by atoms with Gasteiger partial charge in [-0.15, -0.1) is 0 Å². The van der Waals surface area contributed by atoms with Crippen molar-refractivity contribution in [3.8, 4) is 0 Å². The average molecular weight is 294 g/mol. The summed E-state index contributed by atoms with van der Waals surface area (Å²) in [4.78, 5) is 11.8. The highest BCUT2D eigenvalue weighted by atomic mass is 19.4. The lowest BCUT2D eigenvalue weighted by molar-refractivity contribution is -0.164. The normalized spacial score (nSPS) is 12.1. The minimum absolute atomic E-state index is 0.112. The van der Waals surface area contributed by atoms with Gasteiger partial charge in [-0.05, 0) is 11.1 Å². The molecule has 0 fully saturated rings. The Labute approximate surface area is 119 Å². The summed E-state index contributed by atoms with van der Waals surface area (Å²) in [6, 6.07) is 15.0. The fraction of sp³-hybridized carbons (Fsp3) is 0.188. The number of rotatable bonds is 4. The van der Waals surface area contributed by atoms with E-state index in [0.29, 0.717) is 0 Å². The molecule has 0 radical (unpaired) electrons. The van der Waals surface area contributed by atoms with Crippen LogP contribution in [0.1, 0.15) is 17.5 Å². The van der Waals surface area contributed by atoms with Crippen LogP contribution in [0.2, 0.25) is 0 Å². The van der Waals surface area contributed by atoms with E-state index in [-0.39, 0.29) is 11.1 Å². The highest BCUT2D eigenvalue weighted by Gasteiger charge is 2.50. The highest BCUT2D eigenvalue weighted by Crippen LogP contribution is 2.42. The van der Waals surface area contributed by atoms with Gasteiger partial charge in [0.15, 0.2) is 0 Å². The maximum Gasteiger partial charge on any atom is 0.390 e. The Bertz CT molecular complexity index is 567. The van der Waals surface area contributed by atoms with Gasteiger partial charge in [-0.25, -0.2) is 0 Å². The molecule has 0 unspecified atom stereocenters. The lowest BCUT2D eigenvalue weighted by Crippen LogP contribution is -2.41. The van der Waals surface area contributed by atoms with E-state index in [1.807, 2.05) is 0 Å². The van der Waals surface area contributed by atoms with Crippen LogP contribution in [0.15, 0.2) is 60.7 Å². The fourth-order valence-corrected chi connectivity index (χ4v) is 2.44. The fourth-order valence-electron chi connectivity index (χ4n) is 2.44. The minimum atomic E-state index is -4.61. The van der Waals surface area contributed by atoms with Gasteiger partial charge in [0.2, 0.25) is 0 Å². The predicted molar refractivity (Wildman–Crippen MR) is 72.0 cm³/mol. The van der Waals surface area contributed by atoms with E-state index in [0.717, 1.165) is 0 Å². The van der Waals surface area contributed by atoms with Crippen LogP contribution >= 0.6 is 0 Å². The lowest BCUT2D eigenvalue weighted by atomic mass is 9.72. The third kappa shape index (κ3) is 3.07. The molecule has 2 aromatic rings. The van der Waals surface area contributed by atoms with Crippen molar-refractivity contribution < 1.29 is 23.1 Å². The van der Waals surface area contributed by atoms with Crippen molar-refractivity contribution in [2.75, 3.05) is 0 Å². The average Bonchev–Trinajstić information content (AvgIpc) is 2.45. The zero-order valence-electron chi connectivity index (χ0n) is 11.0. The Morgan fingerprint density at radius 3 is 1.52 bits per heavy atom. The molecule has 0 amide bonds. The first-order valence-electron chi connectivity index (χ1n) is 6.27. The number of halogens is 3. The van der Waals surface area contributed by atoms with E-state index in [9.17, 15) is 23.1 Å². The van der Waals surface area contributed by atoms with E-state index in [1.165, 1.54) is 48.5 Å². The monoisotopic (exact) mass is 294 g/mol. The summed E-state index contributed by atoms with van der Waals surface area (Å²) >= 11 is 0. The molecule has 0 heterocycles. The standard InChI is InChI=1S/C16H13F3O2/c17-16(18,19)11-15(14(20)21,12-7-3-1-4-8-12)13-9-5-2-6-10-13/h1-10H,11H2,(H,20,21). The van der Waals surface area contributed by atoms with Crippen LogP contribution in [0.4, 0.5) is 13.2 Å². The topological polar surface area (TPSA) is 37.3 Å². The highest BCUT2D eigenvalue weighted by molar-refractivity contribution is 5.86. The van der Waals surface area contributed by atoms with Gasteiger partial charge in [-0.1, -0.05) is 60.7 Å². The summed E-state index contributed by atoms with van der Waals surface area (Å²) in [6.07, 6.45) is -6.06. The SMILES string of the molecule is O=C(O)C(CC(F)(F)F)(c1ccccc1)c1ccccc1. The Morgan fingerprint density at radius 2 is 1.24 bits per heavy atom. The van der Waals surface area contributed by atoms with Crippen LogP contribution in [-0.2, 0) is 10.2 Å². The molecule has 0 aliphatic heterocycles. The van der Waals surface area contributed by atoms with Crippen molar-refractivity contribution in [3.05, 3.63) is 71.8 Å². The number of alkyl halides is 3. The smallest absolute Gasteiger partial charge is 0.390 e. The van der Waals surface area contributed by atoms with Crippen LogP contribution in [0.3, 0.4) is 0 Å². The Morgan fingerprint density at radius 1 is 0.857 bits per heavy atom. The number of hydrogen-bond acceptors (Lipinski definition) is 1. The van der Waals surface area contributed by atoms with Gasteiger partial charge in [0, 0.05) is 0 Å². The molecule has 0 aliphatic rings. The van der Waals surface area contributed by atoms with Gasteiger partial charge >= 0.3 is 12.1 Å². The van der Waals surface area contributed by atoms with Gasteiger partial charge < -0.3 is 5.11 Å². The van der Waals surface area contributed by atoms with Crippen LogP contribution in [-0.4, -0.2) is 17.3 Å². The van der Waals surface area contributed by atoms with Crippen LogP contribution in [0.5, 0.6) is 0 Å². The maximum absolute atomic E-state index is 13.0. The van der Waals surface area contributed by atoms with Crippen molar-refractivity contribution in [3.63, 3.8) is 0 Å². The molecule has 0 spiro atoms. The van der Waals surface area contributed by atoms with Gasteiger partial charge in [0.05, 0.1) is 6.42 Å². The maximum atomic E-state index is 13.0. The quantitative estimate of drug-likeness (QED) is 0.925. The first-order valence-corrected chi connectivity index (χ1v) is 6.27. The molecular weight excluding hydrogens is 281 g/mol. The number of aliphatic carboxylic acids is 1. The summed E-state index contributed by atoms with van der Waals surface area (Å²) in [7, 11) is 0. The minimum Gasteiger partial charge on any atom is -0.480 e. The van der Waals surface area contributed by atoms with Crippen LogP contribution < -0.4 is 0 Å². The van der Waals surface area contributed by atoms with E-state index < -0.39 is 24.0 Å². The zero-order valence-corrected chi connectivity index (χ0v) is 11.0. The van der Waals surface area contributed by atoms with Crippen molar-refractivity contribution in [2.45, 2.75) is 18.0 Å². The molecule has 0 saturated carbocycles. The molecule has 0 saturated heterocycles. The van der Waals surface area contributed by atoms with Crippen molar-refractivity contribution in [1.29, 1.82) is 0 Å². The summed E-state index contributed by atoms with van der Waals surface area (Å²) in [5.41, 5.74) is -1.91. The first-order chi connectivity index (χ1) is 9.86. The van der Waals surface area contributed by atoms with Crippen molar-refractivity contribution in [2.24, 2.45) is 0 Å². The summed E-state index contributed by atoms with van der Waals surface area (Å²) in [5.74, 6) is -1.52. The first kappa shape index (κ1) is 15.1. The van der Waals surface area contributed by atoms with E-state index in [4.69, 9.17) is 0 Å². The second kappa shape index (κ2) is 5.60. The molecular formula is C16H13F3O2. The van der Waals surface area contributed by atoms with Gasteiger partial charge in [-0.3, -0.25) is 4.79 Å². The number of hydrogen-bond donors (Lipinski definition) is 1. The van der Waals surface area contributed by atoms with Crippen molar-refractivity contribution >= 4 is 5.97 Å². The number of benzene rings is 2. The second-order valence-electron chi connectivity index (χ2n) is 4.73. The molecule has 0 aliphatic carbocycles. The largest absolute Gasteiger partial charge is 0.480 e. The van der Waals surface area contributed by atoms with Crippen molar-refractivity contribution in [1.82, 2.24) is 0 Å². The molecule has 5 heteroatoms. The molecule has 110 valence electrons. The predicted octanol–water partition coefficient (Wildman–Crippen LogP) is 4.01. The Balaban J connectivity index is 2.70. The molecule has 0 bridgehead atoms. The van der Waals surface area contributed by atoms with E-state index in [2.05, 4.69) is 0 Å². The molecule has 2 nitrogen and oxygen atoms in total. The zero-order chi connectivity index (χ0) is 15.5. The molecule has 1 N–H and O–H groups in total. The Hall–Kier alpha value is -2.30. The van der Waals surface area contributed by atoms with Crippen LogP contribution in [0, 0.1) is 0 Å². The number of carboxylic acids is 1. The number of carbonyl (C=O) groups is 1. The molecule has 21 heavy (non-hydrogen) atoms. The molecule has 0 aromatic heterocycles. The third-order valence-corrected chi connectivity index (χ3v) is 3.36. The summed E-state index contributed by atoms with van der Waals surface area (Å²) in [5, 5.41) is 9.59. The number of carboxylic acid groups (broad SMARTS) is 1. The van der Waals surface area contributed by atoms with E-state index in [1.54, 1.807) is 12.1 Å². The Kier molecular flexibility index (Phi) is 4.02. The van der Waals surface area contributed by atoms with Gasteiger partial charge in [0.1, 0.15) is 5.41 Å². The molecule has 2 rings (SSSR count). The van der Waals surface area contributed by atoms with Gasteiger partial charge in [0.25, 0.3) is 0 Å². The lowest BCUT2D eigenvalue weighted by Gasteiger charge is -2.31. The second-order valence-corrected chi connectivity index (χ2v) is 4.73. The van der Waals surface area contributed by atoms with E-state index >= 15 is 0 Å². The van der Waals surface area contributed by atoms with Crippen LogP contribution in [0.25, 0.3) is 0 Å². The molecule has 2 aromatic carbocycles. The summed E-state index contributed by atoms with van der Waals surface area (Å²) < 4.78 is 39.1. The van der Waals surface area contributed by atoms with Gasteiger partial charge in [-0.2, -0.15) is 13.2 Å². The summed E-state index contributed by atoms with van der Waals surface area (Å²) in [6.45, 7) is 0. The molecule has 0 atom stereocenters.